The van der Waals surface area contributed by atoms with E-state index in [1.54, 1.807) is 24.3 Å². The minimum absolute atomic E-state index is 0.216. The Morgan fingerprint density at radius 2 is 1.67 bits per heavy atom. The highest BCUT2D eigenvalue weighted by molar-refractivity contribution is 5.87. The Hall–Kier alpha value is -2.69. The number of nitrogen functional groups attached to an aromatic ring is 1. The molecular weight excluding hydrogens is 230 g/mol. The smallest absolute Gasteiger partial charge is 0.335 e. The highest BCUT2D eigenvalue weighted by Crippen LogP contribution is 2.23. The van der Waals surface area contributed by atoms with E-state index in [0.29, 0.717) is 17.1 Å². The van der Waals surface area contributed by atoms with Crippen LogP contribution in [0, 0.1) is 0 Å². The molecule has 0 spiro atoms. The maximum absolute atomic E-state index is 10.7. The molecule has 18 heavy (non-hydrogen) atoms. The largest absolute Gasteiger partial charge is 0.478 e. The van der Waals surface area contributed by atoms with E-state index in [1.807, 2.05) is 12.1 Å². The molecule has 5 nitrogen and oxygen atoms in total. The predicted molar refractivity (Wildman–Crippen MR) is 68.4 cm³/mol. The van der Waals surface area contributed by atoms with Gasteiger partial charge >= 0.3 is 5.97 Å². The Morgan fingerprint density at radius 1 is 1.00 bits per heavy atom. The summed E-state index contributed by atoms with van der Waals surface area (Å²) in [7, 11) is 0. The van der Waals surface area contributed by atoms with E-state index < -0.39 is 5.97 Å². The molecule has 0 unspecified atom stereocenters. The fourth-order valence-corrected chi connectivity index (χ4v) is 1.36. The third kappa shape index (κ3) is 2.70. The lowest BCUT2D eigenvalue weighted by atomic mass is 10.2. The number of azo groups is 1. The summed E-state index contributed by atoms with van der Waals surface area (Å²) in [6, 6.07) is 13.3. The van der Waals surface area contributed by atoms with Crippen LogP contribution in [0.4, 0.5) is 17.1 Å². The number of rotatable bonds is 3. The number of hydrogen-bond donors (Lipinski definition) is 2. The zero-order chi connectivity index (χ0) is 13.0. The quantitative estimate of drug-likeness (QED) is 0.637. The number of carboxylic acids is 1. The van der Waals surface area contributed by atoms with Gasteiger partial charge in [0.05, 0.1) is 16.9 Å². The number of nitrogens with two attached hydrogens (primary N) is 1. The molecule has 2 rings (SSSR count). The predicted octanol–water partition coefficient (Wildman–Crippen LogP) is 3.38. The van der Waals surface area contributed by atoms with E-state index in [-0.39, 0.29) is 5.56 Å². The number of nitrogens with zero attached hydrogens (tertiary/aromatic N) is 2. The van der Waals surface area contributed by atoms with Crippen LogP contribution in [0.1, 0.15) is 10.4 Å². The fraction of sp³-hybridized carbons (Fsp3) is 0. The molecule has 0 amide bonds. The van der Waals surface area contributed by atoms with Gasteiger partial charge in [0.2, 0.25) is 0 Å². The maximum Gasteiger partial charge on any atom is 0.335 e. The third-order valence-electron chi connectivity index (χ3n) is 2.32. The number of carboxylic acid groups (broad SMARTS) is 1. The molecule has 5 heteroatoms. The normalized spacial score (nSPS) is 10.7. The van der Waals surface area contributed by atoms with E-state index >= 15 is 0 Å². The number of para-hydroxylation sites is 1. The molecule has 90 valence electrons. The van der Waals surface area contributed by atoms with Gasteiger partial charge in [0.15, 0.2) is 0 Å². The molecule has 0 radical (unpaired) electrons. The standard InChI is InChI=1S/C13H11N3O2/c14-11-3-1-2-4-12(11)16-15-10-7-5-9(6-8-10)13(17)18/h1-8H,14H2,(H,17,18)/b16-15+. The molecule has 0 saturated carbocycles. The van der Waals surface area contributed by atoms with E-state index in [2.05, 4.69) is 10.2 Å². The summed E-state index contributed by atoms with van der Waals surface area (Å²) in [5.41, 5.74) is 7.63. The zero-order valence-electron chi connectivity index (χ0n) is 9.45. The van der Waals surface area contributed by atoms with Crippen LogP contribution in [0.15, 0.2) is 58.8 Å². The van der Waals surface area contributed by atoms with Crippen LogP contribution in [0.5, 0.6) is 0 Å². The van der Waals surface area contributed by atoms with Crippen LogP contribution in [0.3, 0.4) is 0 Å². The number of carbonyl (C=O) groups is 1. The van der Waals surface area contributed by atoms with Crippen molar-refractivity contribution < 1.29 is 9.90 Å². The minimum Gasteiger partial charge on any atom is -0.478 e. The molecule has 2 aromatic rings. The van der Waals surface area contributed by atoms with Gasteiger partial charge in [-0.2, -0.15) is 5.11 Å². The summed E-state index contributed by atoms with van der Waals surface area (Å²) >= 11 is 0. The molecule has 0 aromatic heterocycles. The highest BCUT2D eigenvalue weighted by Gasteiger charge is 2.01. The zero-order valence-corrected chi connectivity index (χ0v) is 9.45. The van der Waals surface area contributed by atoms with Gasteiger partial charge in [-0.25, -0.2) is 4.79 Å². The molecule has 0 heterocycles. The van der Waals surface area contributed by atoms with Crippen molar-refractivity contribution in [3.63, 3.8) is 0 Å². The second-order valence-electron chi connectivity index (χ2n) is 3.61. The summed E-state index contributed by atoms with van der Waals surface area (Å²) in [6.07, 6.45) is 0. The Balaban J connectivity index is 2.19. The van der Waals surface area contributed by atoms with Crippen LogP contribution in [0.25, 0.3) is 0 Å². The topological polar surface area (TPSA) is 88.0 Å². The second kappa shape index (κ2) is 5.09. The average Bonchev–Trinajstić information content (AvgIpc) is 2.38. The van der Waals surface area contributed by atoms with Gasteiger partial charge in [-0.15, -0.1) is 5.11 Å². The summed E-state index contributed by atoms with van der Waals surface area (Å²) in [4.78, 5) is 10.7. The fourth-order valence-electron chi connectivity index (χ4n) is 1.36. The molecule has 0 aliphatic rings. The van der Waals surface area contributed by atoms with Crippen molar-refractivity contribution in [3.8, 4) is 0 Å². The SMILES string of the molecule is Nc1ccccc1/N=N/c1ccc(C(=O)O)cc1. The number of aromatic carboxylic acids is 1. The summed E-state index contributed by atoms with van der Waals surface area (Å²) in [6.45, 7) is 0. The molecule has 0 aliphatic heterocycles. The molecule has 0 saturated heterocycles. The van der Waals surface area contributed by atoms with Gasteiger partial charge in [0.1, 0.15) is 5.69 Å². The summed E-state index contributed by atoms with van der Waals surface area (Å²) in [5.74, 6) is -0.967. The van der Waals surface area contributed by atoms with Crippen molar-refractivity contribution in [2.24, 2.45) is 10.2 Å². The Morgan fingerprint density at radius 3 is 2.28 bits per heavy atom. The van der Waals surface area contributed by atoms with Gasteiger partial charge < -0.3 is 10.8 Å². The monoisotopic (exact) mass is 241 g/mol. The summed E-state index contributed by atoms with van der Waals surface area (Å²) < 4.78 is 0. The maximum atomic E-state index is 10.7. The van der Waals surface area contributed by atoms with Crippen molar-refractivity contribution in [1.82, 2.24) is 0 Å². The molecule has 0 atom stereocenters. The van der Waals surface area contributed by atoms with Crippen molar-refractivity contribution in [3.05, 3.63) is 54.1 Å². The van der Waals surface area contributed by atoms with Crippen molar-refractivity contribution in [2.45, 2.75) is 0 Å². The molecule has 0 fully saturated rings. The molecule has 0 bridgehead atoms. The van der Waals surface area contributed by atoms with Crippen molar-refractivity contribution >= 4 is 23.0 Å². The van der Waals surface area contributed by atoms with E-state index in [1.165, 1.54) is 12.1 Å². The third-order valence-corrected chi connectivity index (χ3v) is 2.32. The molecule has 3 N–H and O–H groups in total. The Kier molecular flexibility index (Phi) is 3.33. The molecule has 0 aliphatic carbocycles. The lowest BCUT2D eigenvalue weighted by molar-refractivity contribution is 0.0697. The minimum atomic E-state index is -0.967. The average molecular weight is 241 g/mol. The van der Waals surface area contributed by atoms with E-state index in [4.69, 9.17) is 10.8 Å². The number of hydrogen-bond acceptors (Lipinski definition) is 4. The first-order valence-corrected chi connectivity index (χ1v) is 5.26. The van der Waals surface area contributed by atoms with Gasteiger partial charge in [-0.05, 0) is 36.4 Å². The highest BCUT2D eigenvalue weighted by atomic mass is 16.4. The van der Waals surface area contributed by atoms with E-state index in [0.717, 1.165) is 0 Å². The number of benzene rings is 2. The lowest BCUT2D eigenvalue weighted by Gasteiger charge is -1.97. The lowest BCUT2D eigenvalue weighted by Crippen LogP contribution is -1.93. The van der Waals surface area contributed by atoms with Gasteiger partial charge in [0, 0.05) is 0 Å². The van der Waals surface area contributed by atoms with Crippen LogP contribution in [-0.2, 0) is 0 Å². The van der Waals surface area contributed by atoms with Crippen molar-refractivity contribution in [1.29, 1.82) is 0 Å². The van der Waals surface area contributed by atoms with Crippen LogP contribution in [0.2, 0.25) is 0 Å². The van der Waals surface area contributed by atoms with Crippen LogP contribution < -0.4 is 5.73 Å². The molecule has 2 aromatic carbocycles. The Labute approximate surface area is 104 Å². The van der Waals surface area contributed by atoms with Crippen molar-refractivity contribution in [2.75, 3.05) is 5.73 Å². The first kappa shape index (κ1) is 11.8. The van der Waals surface area contributed by atoms with Gasteiger partial charge in [-0.3, -0.25) is 0 Å². The Bertz CT molecular complexity index is 591. The van der Waals surface area contributed by atoms with Gasteiger partial charge in [0.25, 0.3) is 0 Å². The first-order valence-electron chi connectivity index (χ1n) is 5.26. The van der Waals surface area contributed by atoms with E-state index in [9.17, 15) is 4.79 Å². The van der Waals surface area contributed by atoms with Crippen LogP contribution >= 0.6 is 0 Å². The molecular formula is C13H11N3O2. The first-order chi connectivity index (χ1) is 8.66. The van der Waals surface area contributed by atoms with Crippen LogP contribution in [-0.4, -0.2) is 11.1 Å². The number of anilines is 1. The van der Waals surface area contributed by atoms with Gasteiger partial charge in [-0.1, -0.05) is 12.1 Å². The second-order valence-corrected chi connectivity index (χ2v) is 3.61. The summed E-state index contributed by atoms with van der Waals surface area (Å²) in [5, 5.41) is 16.7.